The minimum absolute atomic E-state index is 0.0538. The van der Waals surface area contributed by atoms with Gasteiger partial charge in [0, 0.05) is 12.5 Å². The Kier molecular flexibility index (Phi) is 1.41. The van der Waals surface area contributed by atoms with E-state index in [2.05, 4.69) is 15.5 Å². The standard InChI is InChI=1S/C8H9F2N3O/c9-8(10)3-5(8)6-12-13-7(14-6)11-4-1-2-4/h4-5H,1-3H2,(H,11,13). The fourth-order valence-electron chi connectivity index (χ4n) is 1.32. The molecule has 14 heavy (non-hydrogen) atoms. The third kappa shape index (κ3) is 1.34. The Labute approximate surface area is 78.7 Å². The molecule has 0 saturated heterocycles. The molecular weight excluding hydrogens is 192 g/mol. The lowest BCUT2D eigenvalue weighted by atomic mass is 10.4. The summed E-state index contributed by atoms with van der Waals surface area (Å²) in [7, 11) is 0. The molecule has 0 aromatic carbocycles. The van der Waals surface area contributed by atoms with Crippen molar-refractivity contribution in [3.8, 4) is 0 Å². The summed E-state index contributed by atoms with van der Waals surface area (Å²) in [4.78, 5) is 0. The van der Waals surface area contributed by atoms with Crippen LogP contribution in [-0.2, 0) is 0 Å². The number of nitrogens with one attached hydrogen (secondary N) is 1. The number of rotatable bonds is 3. The minimum atomic E-state index is -2.64. The van der Waals surface area contributed by atoms with Crippen LogP contribution in [0.15, 0.2) is 4.42 Å². The number of hydrogen-bond acceptors (Lipinski definition) is 4. The Bertz CT molecular complexity index is 361. The molecule has 1 aromatic heterocycles. The van der Waals surface area contributed by atoms with Crippen LogP contribution in [0, 0.1) is 0 Å². The van der Waals surface area contributed by atoms with E-state index in [0.29, 0.717) is 6.04 Å². The van der Waals surface area contributed by atoms with Crippen molar-refractivity contribution in [3.05, 3.63) is 5.89 Å². The molecule has 0 bridgehead atoms. The number of alkyl halides is 2. The van der Waals surface area contributed by atoms with E-state index in [1.54, 1.807) is 0 Å². The highest BCUT2D eigenvalue weighted by atomic mass is 19.3. The van der Waals surface area contributed by atoms with Gasteiger partial charge in [0.25, 0.3) is 5.92 Å². The first-order chi connectivity index (χ1) is 6.65. The van der Waals surface area contributed by atoms with Gasteiger partial charge in [-0.2, -0.15) is 0 Å². The molecule has 76 valence electrons. The number of nitrogens with zero attached hydrogens (tertiary/aromatic N) is 2. The third-order valence-electron chi connectivity index (χ3n) is 2.47. The van der Waals surface area contributed by atoms with E-state index in [1.807, 2.05) is 0 Å². The van der Waals surface area contributed by atoms with Crippen LogP contribution >= 0.6 is 0 Å². The topological polar surface area (TPSA) is 51.0 Å². The molecule has 3 rings (SSSR count). The summed E-state index contributed by atoms with van der Waals surface area (Å²) in [5, 5.41) is 10.2. The average molecular weight is 201 g/mol. The van der Waals surface area contributed by atoms with E-state index in [1.165, 1.54) is 0 Å². The van der Waals surface area contributed by atoms with Crippen molar-refractivity contribution >= 4 is 6.01 Å². The first-order valence-electron chi connectivity index (χ1n) is 4.63. The van der Waals surface area contributed by atoms with Crippen LogP contribution in [0.5, 0.6) is 0 Å². The van der Waals surface area contributed by atoms with Crippen molar-refractivity contribution in [2.75, 3.05) is 5.32 Å². The van der Waals surface area contributed by atoms with Crippen molar-refractivity contribution in [2.24, 2.45) is 0 Å². The fourth-order valence-corrected chi connectivity index (χ4v) is 1.32. The highest BCUT2D eigenvalue weighted by molar-refractivity contribution is 5.24. The van der Waals surface area contributed by atoms with Crippen LogP contribution in [0.25, 0.3) is 0 Å². The predicted molar refractivity (Wildman–Crippen MR) is 43.2 cm³/mol. The van der Waals surface area contributed by atoms with E-state index in [4.69, 9.17) is 4.42 Å². The molecule has 6 heteroatoms. The fraction of sp³-hybridized carbons (Fsp3) is 0.750. The molecule has 1 aromatic rings. The molecule has 2 aliphatic rings. The number of halogens is 2. The largest absolute Gasteiger partial charge is 0.408 e. The maximum absolute atomic E-state index is 12.6. The third-order valence-corrected chi connectivity index (χ3v) is 2.47. The summed E-state index contributed by atoms with van der Waals surface area (Å²) in [6, 6.07) is 0.660. The summed E-state index contributed by atoms with van der Waals surface area (Å²) in [5.41, 5.74) is 0. The van der Waals surface area contributed by atoms with Crippen LogP contribution in [0.3, 0.4) is 0 Å². The van der Waals surface area contributed by atoms with Crippen LogP contribution < -0.4 is 5.32 Å². The maximum atomic E-state index is 12.6. The van der Waals surface area contributed by atoms with E-state index < -0.39 is 11.8 Å². The summed E-state index contributed by atoms with van der Waals surface area (Å²) >= 11 is 0. The van der Waals surface area contributed by atoms with Crippen molar-refractivity contribution in [1.29, 1.82) is 0 Å². The maximum Gasteiger partial charge on any atom is 0.315 e. The van der Waals surface area contributed by atoms with Crippen molar-refractivity contribution in [3.63, 3.8) is 0 Å². The lowest BCUT2D eigenvalue weighted by Gasteiger charge is -1.94. The molecule has 2 fully saturated rings. The van der Waals surface area contributed by atoms with Crippen molar-refractivity contribution < 1.29 is 13.2 Å². The van der Waals surface area contributed by atoms with Crippen LogP contribution in [0.1, 0.15) is 31.1 Å². The lowest BCUT2D eigenvalue weighted by molar-refractivity contribution is 0.108. The monoisotopic (exact) mass is 201 g/mol. The zero-order chi connectivity index (χ0) is 9.76. The molecule has 1 heterocycles. The first-order valence-corrected chi connectivity index (χ1v) is 4.63. The van der Waals surface area contributed by atoms with E-state index in [9.17, 15) is 8.78 Å². The van der Waals surface area contributed by atoms with Crippen molar-refractivity contribution in [2.45, 2.75) is 37.1 Å². The zero-order valence-corrected chi connectivity index (χ0v) is 7.33. The minimum Gasteiger partial charge on any atom is -0.408 e. The quantitative estimate of drug-likeness (QED) is 0.809. The van der Waals surface area contributed by atoms with E-state index >= 15 is 0 Å². The average Bonchev–Trinajstić information content (AvgIpc) is 2.95. The Morgan fingerprint density at radius 3 is 2.64 bits per heavy atom. The van der Waals surface area contributed by atoms with Crippen molar-refractivity contribution in [1.82, 2.24) is 10.2 Å². The molecule has 0 spiro atoms. The molecule has 1 atom stereocenters. The predicted octanol–water partition coefficient (Wildman–Crippen LogP) is 1.77. The molecule has 0 amide bonds. The van der Waals surface area contributed by atoms with Gasteiger partial charge in [-0.3, -0.25) is 0 Å². The van der Waals surface area contributed by atoms with Gasteiger partial charge < -0.3 is 9.73 Å². The molecular formula is C8H9F2N3O. The highest BCUT2D eigenvalue weighted by Gasteiger charge is 2.61. The molecule has 1 unspecified atom stereocenters. The van der Waals surface area contributed by atoms with Gasteiger partial charge in [-0.15, -0.1) is 5.10 Å². The lowest BCUT2D eigenvalue weighted by Crippen LogP contribution is -2.00. The molecule has 2 saturated carbocycles. The summed E-state index contributed by atoms with van der Waals surface area (Å²) in [5.74, 6) is -3.44. The Hall–Kier alpha value is -1.20. The van der Waals surface area contributed by atoms with Crippen LogP contribution in [-0.4, -0.2) is 22.2 Å². The first kappa shape index (κ1) is 8.14. The normalized spacial score (nSPS) is 28.9. The van der Waals surface area contributed by atoms with E-state index in [-0.39, 0.29) is 18.3 Å². The molecule has 0 radical (unpaired) electrons. The molecule has 4 nitrogen and oxygen atoms in total. The van der Waals surface area contributed by atoms with Gasteiger partial charge >= 0.3 is 6.01 Å². The summed E-state index contributed by atoms with van der Waals surface area (Å²) in [6.07, 6.45) is 1.99. The number of aromatic nitrogens is 2. The summed E-state index contributed by atoms with van der Waals surface area (Å²) in [6.45, 7) is 0. The highest BCUT2D eigenvalue weighted by Crippen LogP contribution is 2.55. The van der Waals surface area contributed by atoms with Crippen LogP contribution in [0.4, 0.5) is 14.8 Å². The van der Waals surface area contributed by atoms with Gasteiger partial charge in [0.1, 0.15) is 5.92 Å². The Morgan fingerprint density at radius 2 is 2.07 bits per heavy atom. The second-order valence-corrected chi connectivity index (χ2v) is 3.88. The molecule has 1 N–H and O–H groups in total. The Balaban J connectivity index is 1.71. The van der Waals surface area contributed by atoms with Gasteiger partial charge in [-0.25, -0.2) is 8.78 Å². The Morgan fingerprint density at radius 1 is 1.36 bits per heavy atom. The number of hydrogen-bond donors (Lipinski definition) is 1. The molecule has 0 aliphatic heterocycles. The second kappa shape index (κ2) is 2.43. The smallest absolute Gasteiger partial charge is 0.315 e. The summed E-state index contributed by atoms with van der Waals surface area (Å²) < 4.78 is 30.3. The van der Waals surface area contributed by atoms with E-state index in [0.717, 1.165) is 12.8 Å². The van der Waals surface area contributed by atoms with Gasteiger partial charge in [-0.1, -0.05) is 5.10 Å². The van der Waals surface area contributed by atoms with Gasteiger partial charge in [0.05, 0.1) is 0 Å². The van der Waals surface area contributed by atoms with Crippen LogP contribution in [0.2, 0.25) is 0 Å². The second-order valence-electron chi connectivity index (χ2n) is 3.88. The number of anilines is 1. The SMILES string of the molecule is FC1(F)CC1c1nnc(NC2CC2)o1. The van der Waals surface area contributed by atoms with Gasteiger partial charge in [-0.05, 0) is 12.8 Å². The van der Waals surface area contributed by atoms with Gasteiger partial charge in [0.2, 0.25) is 5.89 Å². The molecule has 2 aliphatic carbocycles. The zero-order valence-electron chi connectivity index (χ0n) is 7.33. The van der Waals surface area contributed by atoms with Gasteiger partial charge in [0.15, 0.2) is 0 Å².